The minimum Gasteiger partial charge on any atom is -0.371 e. The Balaban J connectivity index is 1.64. The average molecular weight is 294 g/mol. The van der Waals surface area contributed by atoms with Crippen LogP contribution < -0.4 is 4.90 Å². The second-order valence-corrected chi connectivity index (χ2v) is 6.30. The first-order chi connectivity index (χ1) is 10.8. The third kappa shape index (κ3) is 3.32. The zero-order valence-electron chi connectivity index (χ0n) is 13.8. The van der Waals surface area contributed by atoms with Crippen LogP contribution >= 0.6 is 0 Å². The van der Waals surface area contributed by atoms with Crippen molar-refractivity contribution in [3.05, 3.63) is 59.4 Å². The highest BCUT2D eigenvalue weighted by Crippen LogP contribution is 2.28. The monoisotopic (exact) mass is 294 g/mol. The molecule has 1 aliphatic heterocycles. The minimum absolute atomic E-state index is 0.727. The Hall–Kier alpha value is -1.83. The van der Waals surface area contributed by atoms with Crippen LogP contribution in [0.25, 0.3) is 0 Å². The molecule has 1 atom stereocenters. The van der Waals surface area contributed by atoms with Crippen LogP contribution in [0.15, 0.2) is 42.6 Å². The first-order valence-electron chi connectivity index (χ1n) is 8.56. The van der Waals surface area contributed by atoms with Gasteiger partial charge in [-0.3, -0.25) is 4.98 Å². The van der Waals surface area contributed by atoms with Gasteiger partial charge in [-0.15, -0.1) is 0 Å². The first-order valence-corrected chi connectivity index (χ1v) is 8.56. The number of hydrogen-bond acceptors (Lipinski definition) is 2. The molecule has 1 saturated heterocycles. The van der Waals surface area contributed by atoms with Gasteiger partial charge in [-0.25, -0.2) is 0 Å². The second-order valence-electron chi connectivity index (χ2n) is 6.30. The van der Waals surface area contributed by atoms with E-state index in [0.717, 1.165) is 31.7 Å². The summed E-state index contributed by atoms with van der Waals surface area (Å²) < 4.78 is 0. The smallest absolute Gasteiger partial charge is 0.0407 e. The number of hydrogen-bond donors (Lipinski definition) is 0. The number of aromatic nitrogens is 1. The van der Waals surface area contributed by atoms with Crippen LogP contribution in [0.3, 0.4) is 0 Å². The molecule has 1 aromatic heterocycles. The summed E-state index contributed by atoms with van der Waals surface area (Å²) in [6.07, 6.45) is 6.59. The van der Waals surface area contributed by atoms with E-state index in [9.17, 15) is 0 Å². The Morgan fingerprint density at radius 2 is 1.95 bits per heavy atom. The Bertz CT molecular complexity index is 603. The molecule has 0 aliphatic carbocycles. The van der Waals surface area contributed by atoms with E-state index in [2.05, 4.69) is 60.1 Å². The molecule has 1 aromatic carbocycles. The summed E-state index contributed by atoms with van der Waals surface area (Å²) in [4.78, 5) is 7.19. The number of para-hydroxylation sites is 1. The maximum atomic E-state index is 4.63. The van der Waals surface area contributed by atoms with Crippen LogP contribution in [-0.2, 0) is 19.3 Å². The van der Waals surface area contributed by atoms with Gasteiger partial charge in [-0.05, 0) is 54.9 Å². The van der Waals surface area contributed by atoms with Crippen molar-refractivity contribution in [2.75, 3.05) is 18.0 Å². The summed E-state index contributed by atoms with van der Waals surface area (Å²) in [7, 11) is 0. The zero-order chi connectivity index (χ0) is 15.4. The van der Waals surface area contributed by atoms with Crippen molar-refractivity contribution >= 4 is 5.69 Å². The lowest BCUT2D eigenvalue weighted by Crippen LogP contribution is -2.21. The number of anilines is 1. The highest BCUT2D eigenvalue weighted by molar-refractivity contribution is 5.54. The lowest BCUT2D eigenvalue weighted by molar-refractivity contribution is 0.577. The largest absolute Gasteiger partial charge is 0.371 e. The molecule has 0 radical (unpaired) electrons. The molecule has 0 spiro atoms. The molecule has 2 heteroatoms. The SMILES string of the molecule is CCc1ccc(CC2CCN(c3ccccc3CC)C2)nc1. The van der Waals surface area contributed by atoms with Gasteiger partial charge in [0.05, 0.1) is 0 Å². The van der Waals surface area contributed by atoms with Gasteiger partial charge in [-0.2, -0.15) is 0 Å². The fourth-order valence-electron chi connectivity index (χ4n) is 3.42. The van der Waals surface area contributed by atoms with Gasteiger partial charge in [0.15, 0.2) is 0 Å². The quantitative estimate of drug-likeness (QED) is 0.818. The molecule has 0 bridgehead atoms. The topological polar surface area (TPSA) is 16.1 Å². The van der Waals surface area contributed by atoms with Gasteiger partial charge in [0.2, 0.25) is 0 Å². The number of rotatable bonds is 5. The van der Waals surface area contributed by atoms with Gasteiger partial charge in [0.1, 0.15) is 0 Å². The summed E-state index contributed by atoms with van der Waals surface area (Å²) in [6.45, 7) is 6.76. The van der Waals surface area contributed by atoms with Crippen molar-refractivity contribution in [1.82, 2.24) is 4.98 Å². The predicted octanol–water partition coefficient (Wildman–Crippen LogP) is 4.28. The van der Waals surface area contributed by atoms with Gasteiger partial charge in [0, 0.05) is 30.7 Å². The lowest BCUT2D eigenvalue weighted by atomic mass is 10.0. The van der Waals surface area contributed by atoms with Crippen LogP contribution in [0.5, 0.6) is 0 Å². The lowest BCUT2D eigenvalue weighted by Gasteiger charge is -2.21. The summed E-state index contributed by atoms with van der Waals surface area (Å²) in [5, 5.41) is 0. The van der Waals surface area contributed by atoms with Gasteiger partial charge in [-0.1, -0.05) is 38.1 Å². The average Bonchev–Trinajstić information content (AvgIpc) is 3.04. The van der Waals surface area contributed by atoms with Gasteiger partial charge in [0.25, 0.3) is 0 Å². The molecule has 2 nitrogen and oxygen atoms in total. The summed E-state index contributed by atoms with van der Waals surface area (Å²) in [5.41, 5.74) is 5.47. The maximum absolute atomic E-state index is 4.63. The molecule has 1 fully saturated rings. The van der Waals surface area contributed by atoms with Crippen molar-refractivity contribution in [2.45, 2.75) is 39.5 Å². The highest BCUT2D eigenvalue weighted by Gasteiger charge is 2.24. The fraction of sp³-hybridized carbons (Fsp3) is 0.450. The molecule has 116 valence electrons. The molecule has 1 unspecified atom stereocenters. The molecular weight excluding hydrogens is 268 g/mol. The fourth-order valence-corrected chi connectivity index (χ4v) is 3.42. The van der Waals surface area contributed by atoms with Crippen molar-refractivity contribution < 1.29 is 0 Å². The van der Waals surface area contributed by atoms with Crippen LogP contribution in [-0.4, -0.2) is 18.1 Å². The highest BCUT2D eigenvalue weighted by atomic mass is 15.2. The Kier molecular flexibility index (Phi) is 4.77. The van der Waals surface area contributed by atoms with Crippen molar-refractivity contribution in [1.29, 1.82) is 0 Å². The minimum atomic E-state index is 0.727. The van der Waals surface area contributed by atoms with Crippen molar-refractivity contribution in [2.24, 2.45) is 5.92 Å². The number of pyridine rings is 1. The predicted molar refractivity (Wildman–Crippen MR) is 93.5 cm³/mol. The third-order valence-electron chi connectivity index (χ3n) is 4.79. The van der Waals surface area contributed by atoms with E-state index < -0.39 is 0 Å². The standard InChI is InChI=1S/C20H26N2/c1-3-16-9-10-19(21-14-16)13-17-11-12-22(15-17)20-8-6-5-7-18(20)4-2/h5-10,14,17H,3-4,11-13,15H2,1-2H3. The zero-order valence-corrected chi connectivity index (χ0v) is 13.8. The summed E-state index contributed by atoms with van der Waals surface area (Å²) in [5.74, 6) is 0.727. The molecular formula is C20H26N2. The van der Waals surface area contributed by atoms with Crippen molar-refractivity contribution in [3.8, 4) is 0 Å². The van der Waals surface area contributed by atoms with E-state index in [1.54, 1.807) is 0 Å². The molecule has 22 heavy (non-hydrogen) atoms. The Morgan fingerprint density at radius 1 is 1.09 bits per heavy atom. The van der Waals surface area contributed by atoms with Gasteiger partial charge < -0.3 is 4.90 Å². The molecule has 0 N–H and O–H groups in total. The third-order valence-corrected chi connectivity index (χ3v) is 4.79. The second kappa shape index (κ2) is 6.95. The van der Waals surface area contributed by atoms with Crippen molar-refractivity contribution in [3.63, 3.8) is 0 Å². The summed E-state index contributed by atoms with van der Waals surface area (Å²) in [6, 6.07) is 13.3. The van der Waals surface area contributed by atoms with Crippen LogP contribution in [0.1, 0.15) is 37.1 Å². The molecule has 0 saturated carbocycles. The molecule has 3 rings (SSSR count). The van der Waals surface area contributed by atoms with Crippen LogP contribution in [0.4, 0.5) is 5.69 Å². The molecule has 1 aliphatic rings. The van der Waals surface area contributed by atoms with E-state index in [1.807, 2.05) is 6.20 Å². The number of nitrogens with zero attached hydrogens (tertiary/aromatic N) is 2. The maximum Gasteiger partial charge on any atom is 0.0407 e. The Labute approximate surface area is 134 Å². The van der Waals surface area contributed by atoms with E-state index in [1.165, 1.54) is 35.5 Å². The van der Waals surface area contributed by atoms with E-state index in [0.29, 0.717) is 0 Å². The normalized spacial score (nSPS) is 17.9. The van der Waals surface area contributed by atoms with Gasteiger partial charge >= 0.3 is 0 Å². The first kappa shape index (κ1) is 15.1. The van der Waals surface area contributed by atoms with E-state index >= 15 is 0 Å². The van der Waals surface area contributed by atoms with E-state index in [-0.39, 0.29) is 0 Å². The summed E-state index contributed by atoms with van der Waals surface area (Å²) >= 11 is 0. The Morgan fingerprint density at radius 3 is 2.68 bits per heavy atom. The molecule has 2 heterocycles. The van der Waals surface area contributed by atoms with Crippen LogP contribution in [0, 0.1) is 5.92 Å². The van der Waals surface area contributed by atoms with E-state index in [4.69, 9.17) is 0 Å². The van der Waals surface area contributed by atoms with Crippen LogP contribution in [0.2, 0.25) is 0 Å². The number of aryl methyl sites for hydroxylation is 2. The molecule has 2 aromatic rings. The molecule has 0 amide bonds. The number of benzene rings is 1.